The Morgan fingerprint density at radius 2 is 1.94 bits per heavy atom. The minimum Gasteiger partial charge on any atom is -0.493 e. The lowest BCUT2D eigenvalue weighted by Gasteiger charge is -2.32. The van der Waals surface area contributed by atoms with Crippen LogP contribution in [0, 0.1) is 11.3 Å². The van der Waals surface area contributed by atoms with Gasteiger partial charge in [0.25, 0.3) is 0 Å². The number of nitrogens with zero attached hydrogens (tertiary/aromatic N) is 4. The number of H-pyrrole nitrogens is 1. The first kappa shape index (κ1) is 23.7. The van der Waals surface area contributed by atoms with E-state index in [1.54, 1.807) is 19.5 Å². The molecule has 8 heteroatoms. The largest absolute Gasteiger partial charge is 0.493 e. The number of likely N-dealkylation sites (N-methyl/N-ethyl adjacent to an activating group) is 1. The maximum absolute atomic E-state index is 9.85. The number of aromatic amines is 1. The number of nitrogens with one attached hydrogen (secondary N) is 2. The van der Waals surface area contributed by atoms with Gasteiger partial charge in [0.05, 0.1) is 18.4 Å². The molecule has 0 amide bonds. The molecule has 0 saturated carbocycles. The van der Waals surface area contributed by atoms with Crippen molar-refractivity contribution >= 4 is 22.3 Å². The molecule has 0 atom stereocenters. The Morgan fingerprint density at radius 3 is 2.75 bits per heavy atom. The van der Waals surface area contributed by atoms with Crippen LogP contribution in [0.3, 0.4) is 0 Å². The third-order valence-corrected chi connectivity index (χ3v) is 6.66. The van der Waals surface area contributed by atoms with Crippen molar-refractivity contribution in [1.29, 1.82) is 5.26 Å². The molecule has 4 aromatic rings. The summed E-state index contributed by atoms with van der Waals surface area (Å²) in [6.07, 6.45) is 5.26. The van der Waals surface area contributed by atoms with E-state index < -0.39 is 0 Å². The number of benzene rings is 2. The van der Waals surface area contributed by atoms with Crippen LogP contribution >= 0.6 is 0 Å². The van der Waals surface area contributed by atoms with Crippen molar-refractivity contribution in [2.24, 2.45) is 0 Å². The van der Waals surface area contributed by atoms with Crippen LogP contribution in [0.4, 0.5) is 11.4 Å². The van der Waals surface area contributed by atoms with E-state index in [2.05, 4.69) is 38.2 Å². The van der Waals surface area contributed by atoms with Crippen molar-refractivity contribution in [2.75, 3.05) is 58.8 Å². The SMILES string of the molecule is COc1ccc(-c2cncc(C#N)c2Nc2cccc3[nH]ccc23)cc1OCCN1CCN(C)CC1. The number of anilines is 2. The average molecular weight is 483 g/mol. The van der Waals surface area contributed by atoms with Gasteiger partial charge in [0.2, 0.25) is 0 Å². The molecule has 1 saturated heterocycles. The second-order valence-electron chi connectivity index (χ2n) is 8.95. The van der Waals surface area contributed by atoms with Crippen molar-refractivity contribution in [2.45, 2.75) is 0 Å². The van der Waals surface area contributed by atoms with E-state index in [4.69, 9.17) is 9.47 Å². The molecular weight excluding hydrogens is 452 g/mol. The fraction of sp³-hybridized carbons (Fsp3) is 0.286. The van der Waals surface area contributed by atoms with Crippen molar-refractivity contribution in [3.63, 3.8) is 0 Å². The predicted molar refractivity (Wildman–Crippen MR) is 142 cm³/mol. The Hall–Kier alpha value is -4.06. The topological polar surface area (TPSA) is 89.4 Å². The zero-order valence-corrected chi connectivity index (χ0v) is 20.6. The number of hydrogen-bond donors (Lipinski definition) is 2. The van der Waals surface area contributed by atoms with Gasteiger partial charge in [0.1, 0.15) is 12.7 Å². The maximum atomic E-state index is 9.85. The van der Waals surface area contributed by atoms with Crippen LogP contribution in [0.5, 0.6) is 11.5 Å². The fourth-order valence-corrected chi connectivity index (χ4v) is 4.54. The molecule has 2 aromatic heterocycles. The number of ether oxygens (including phenoxy) is 2. The van der Waals surface area contributed by atoms with E-state index in [-0.39, 0.29) is 0 Å². The zero-order chi connectivity index (χ0) is 24.9. The van der Waals surface area contributed by atoms with Crippen LogP contribution in [0.25, 0.3) is 22.0 Å². The lowest BCUT2D eigenvalue weighted by molar-refractivity contribution is 0.133. The molecule has 0 unspecified atom stereocenters. The lowest BCUT2D eigenvalue weighted by atomic mass is 10.0. The molecule has 3 heterocycles. The smallest absolute Gasteiger partial charge is 0.161 e. The Morgan fingerprint density at radius 1 is 1.08 bits per heavy atom. The van der Waals surface area contributed by atoms with Gasteiger partial charge in [-0.3, -0.25) is 9.88 Å². The Kier molecular flexibility index (Phi) is 7.03. The highest BCUT2D eigenvalue weighted by molar-refractivity contribution is 5.96. The summed E-state index contributed by atoms with van der Waals surface area (Å²) in [5, 5.41) is 14.4. The highest BCUT2D eigenvalue weighted by atomic mass is 16.5. The van der Waals surface area contributed by atoms with Gasteiger partial charge in [0, 0.05) is 73.5 Å². The molecule has 8 nitrogen and oxygen atoms in total. The van der Waals surface area contributed by atoms with Crippen molar-refractivity contribution in [3.05, 3.63) is 66.6 Å². The van der Waals surface area contributed by atoms with E-state index in [0.717, 1.165) is 60.4 Å². The summed E-state index contributed by atoms with van der Waals surface area (Å²) in [7, 11) is 3.80. The quantitative estimate of drug-likeness (QED) is 0.383. The first-order chi connectivity index (χ1) is 17.7. The molecule has 184 valence electrons. The van der Waals surface area contributed by atoms with Crippen LogP contribution in [0.2, 0.25) is 0 Å². The zero-order valence-electron chi connectivity index (χ0n) is 20.6. The van der Waals surface area contributed by atoms with Gasteiger partial charge < -0.3 is 24.7 Å². The van der Waals surface area contributed by atoms with E-state index in [1.807, 2.05) is 48.7 Å². The monoisotopic (exact) mass is 482 g/mol. The van der Waals surface area contributed by atoms with Gasteiger partial charge >= 0.3 is 0 Å². The summed E-state index contributed by atoms with van der Waals surface area (Å²) in [6.45, 7) is 5.68. The minimum absolute atomic E-state index is 0.466. The van der Waals surface area contributed by atoms with Gasteiger partial charge in [-0.25, -0.2) is 0 Å². The normalized spacial score (nSPS) is 14.5. The number of fused-ring (bicyclic) bond motifs is 1. The molecule has 0 spiro atoms. The molecule has 36 heavy (non-hydrogen) atoms. The average Bonchev–Trinajstić information content (AvgIpc) is 3.40. The summed E-state index contributed by atoms with van der Waals surface area (Å²) >= 11 is 0. The highest BCUT2D eigenvalue weighted by Crippen LogP contribution is 2.38. The number of methoxy groups -OCH3 is 1. The molecule has 1 aliphatic rings. The number of piperazine rings is 1. The van der Waals surface area contributed by atoms with E-state index in [0.29, 0.717) is 29.4 Å². The van der Waals surface area contributed by atoms with Crippen LogP contribution in [-0.2, 0) is 0 Å². The number of rotatable bonds is 8. The third-order valence-electron chi connectivity index (χ3n) is 6.66. The molecule has 5 rings (SSSR count). The molecule has 0 aliphatic carbocycles. The van der Waals surface area contributed by atoms with E-state index in [1.165, 1.54) is 0 Å². The standard InChI is InChI=1S/C28H30N6O2/c1-33-10-12-34(13-11-33)14-15-36-27-16-20(6-7-26(27)35-2)23-19-30-18-21(17-29)28(23)32-25-5-3-4-24-22(25)8-9-31-24/h3-9,16,18-19,31H,10-15H2,1-2H3,(H,30,32). The van der Waals surface area contributed by atoms with Crippen LogP contribution in [-0.4, -0.2) is 73.3 Å². The molecule has 2 N–H and O–H groups in total. The minimum atomic E-state index is 0.466. The summed E-state index contributed by atoms with van der Waals surface area (Å²) in [4.78, 5) is 12.3. The Bertz CT molecular complexity index is 1380. The van der Waals surface area contributed by atoms with Gasteiger partial charge in [-0.15, -0.1) is 0 Å². The second kappa shape index (κ2) is 10.7. The predicted octanol–water partition coefficient (Wildman–Crippen LogP) is 4.48. The molecule has 1 aliphatic heterocycles. The van der Waals surface area contributed by atoms with Gasteiger partial charge in [0.15, 0.2) is 11.5 Å². The van der Waals surface area contributed by atoms with Crippen LogP contribution in [0.15, 0.2) is 61.1 Å². The molecule has 2 aromatic carbocycles. The van der Waals surface area contributed by atoms with E-state index in [9.17, 15) is 5.26 Å². The number of pyridine rings is 1. The molecule has 1 fully saturated rings. The maximum Gasteiger partial charge on any atom is 0.161 e. The van der Waals surface area contributed by atoms with Crippen LogP contribution in [0.1, 0.15) is 5.56 Å². The van der Waals surface area contributed by atoms with Crippen molar-refractivity contribution < 1.29 is 9.47 Å². The van der Waals surface area contributed by atoms with Crippen molar-refractivity contribution in [3.8, 4) is 28.7 Å². The summed E-state index contributed by atoms with van der Waals surface area (Å²) in [5.41, 5.74) is 4.81. The van der Waals surface area contributed by atoms with E-state index >= 15 is 0 Å². The van der Waals surface area contributed by atoms with Crippen LogP contribution < -0.4 is 14.8 Å². The lowest BCUT2D eigenvalue weighted by Crippen LogP contribution is -2.45. The van der Waals surface area contributed by atoms with Crippen molar-refractivity contribution in [1.82, 2.24) is 19.8 Å². The number of nitriles is 1. The first-order valence-electron chi connectivity index (χ1n) is 12.1. The second-order valence-corrected chi connectivity index (χ2v) is 8.95. The van der Waals surface area contributed by atoms with Gasteiger partial charge in [-0.1, -0.05) is 12.1 Å². The summed E-state index contributed by atoms with van der Waals surface area (Å²) in [5.74, 6) is 1.35. The number of hydrogen-bond acceptors (Lipinski definition) is 7. The Balaban J connectivity index is 1.43. The number of aromatic nitrogens is 2. The molecule has 0 radical (unpaired) electrons. The fourth-order valence-electron chi connectivity index (χ4n) is 4.54. The molecule has 0 bridgehead atoms. The van der Waals surface area contributed by atoms with Gasteiger partial charge in [-0.2, -0.15) is 5.26 Å². The third kappa shape index (κ3) is 4.98. The van der Waals surface area contributed by atoms with Gasteiger partial charge in [-0.05, 0) is 42.9 Å². The highest BCUT2D eigenvalue weighted by Gasteiger charge is 2.17. The Labute approximate surface area is 211 Å². The first-order valence-corrected chi connectivity index (χ1v) is 12.1. The summed E-state index contributed by atoms with van der Waals surface area (Å²) < 4.78 is 11.8. The summed E-state index contributed by atoms with van der Waals surface area (Å²) in [6, 6.07) is 16.1. The molecular formula is C28H30N6O2.